The SMILES string of the molecule is c1cc(C2(NCC3CCNCC3)CC2)ccc1C1CC1. The van der Waals surface area contributed by atoms with Crippen LogP contribution in [0.2, 0.25) is 0 Å². The molecule has 0 amide bonds. The van der Waals surface area contributed by atoms with Gasteiger partial charge in [0.05, 0.1) is 0 Å². The van der Waals surface area contributed by atoms with Crippen molar-refractivity contribution in [2.45, 2.75) is 50.0 Å². The van der Waals surface area contributed by atoms with Gasteiger partial charge in [0, 0.05) is 5.54 Å². The van der Waals surface area contributed by atoms with Gasteiger partial charge in [-0.3, -0.25) is 0 Å². The summed E-state index contributed by atoms with van der Waals surface area (Å²) in [6.45, 7) is 3.61. The van der Waals surface area contributed by atoms with Crippen LogP contribution in [0, 0.1) is 5.92 Å². The van der Waals surface area contributed by atoms with Gasteiger partial charge in [0.2, 0.25) is 0 Å². The number of hydrogen-bond donors (Lipinski definition) is 2. The molecule has 1 heterocycles. The van der Waals surface area contributed by atoms with E-state index in [1.807, 2.05) is 0 Å². The fourth-order valence-electron chi connectivity index (χ4n) is 3.61. The van der Waals surface area contributed by atoms with Crippen LogP contribution >= 0.6 is 0 Å². The first-order chi connectivity index (χ1) is 9.86. The summed E-state index contributed by atoms with van der Waals surface area (Å²) in [7, 11) is 0. The molecule has 2 N–H and O–H groups in total. The van der Waals surface area contributed by atoms with Gasteiger partial charge < -0.3 is 10.6 Å². The normalized spacial score (nSPS) is 25.6. The lowest BCUT2D eigenvalue weighted by Gasteiger charge is -2.26. The lowest BCUT2D eigenvalue weighted by molar-refractivity contribution is 0.335. The second-order valence-corrected chi connectivity index (χ2v) is 7.05. The van der Waals surface area contributed by atoms with Crippen molar-refractivity contribution in [2.75, 3.05) is 19.6 Å². The van der Waals surface area contributed by atoms with Crippen molar-refractivity contribution in [3.63, 3.8) is 0 Å². The summed E-state index contributed by atoms with van der Waals surface area (Å²) in [5, 5.41) is 7.35. The Morgan fingerprint density at radius 3 is 2.30 bits per heavy atom. The Balaban J connectivity index is 1.38. The largest absolute Gasteiger partial charge is 0.317 e. The highest BCUT2D eigenvalue weighted by Gasteiger charge is 2.44. The van der Waals surface area contributed by atoms with Gasteiger partial charge in [0.1, 0.15) is 0 Å². The summed E-state index contributed by atoms with van der Waals surface area (Å²) >= 11 is 0. The van der Waals surface area contributed by atoms with Gasteiger partial charge in [-0.2, -0.15) is 0 Å². The van der Waals surface area contributed by atoms with Crippen LogP contribution in [0.3, 0.4) is 0 Å². The number of hydrogen-bond acceptors (Lipinski definition) is 2. The Morgan fingerprint density at radius 2 is 1.70 bits per heavy atom. The molecule has 0 spiro atoms. The lowest BCUT2D eigenvalue weighted by Crippen LogP contribution is -2.38. The van der Waals surface area contributed by atoms with E-state index in [1.165, 1.54) is 63.7 Å². The first-order valence-corrected chi connectivity index (χ1v) is 8.42. The van der Waals surface area contributed by atoms with Gasteiger partial charge in [0.15, 0.2) is 0 Å². The van der Waals surface area contributed by atoms with Crippen molar-refractivity contribution < 1.29 is 0 Å². The van der Waals surface area contributed by atoms with Gasteiger partial charge in [-0.25, -0.2) is 0 Å². The van der Waals surface area contributed by atoms with E-state index in [2.05, 4.69) is 34.9 Å². The number of piperidine rings is 1. The Labute approximate surface area is 122 Å². The molecule has 0 atom stereocenters. The minimum Gasteiger partial charge on any atom is -0.317 e. The van der Waals surface area contributed by atoms with Crippen LogP contribution in [0.4, 0.5) is 0 Å². The predicted molar refractivity (Wildman–Crippen MR) is 82.9 cm³/mol. The maximum absolute atomic E-state index is 3.89. The van der Waals surface area contributed by atoms with Crippen LogP contribution in [-0.2, 0) is 5.54 Å². The summed E-state index contributed by atoms with van der Waals surface area (Å²) < 4.78 is 0. The Kier molecular flexibility index (Phi) is 3.31. The van der Waals surface area contributed by atoms with Gasteiger partial charge >= 0.3 is 0 Å². The molecule has 3 fully saturated rings. The molecule has 1 aliphatic heterocycles. The second kappa shape index (κ2) is 5.16. The Hall–Kier alpha value is -0.860. The number of rotatable bonds is 5. The van der Waals surface area contributed by atoms with Gasteiger partial charge in [-0.05, 0) is 81.1 Å². The lowest BCUT2D eigenvalue weighted by atomic mass is 9.96. The summed E-state index contributed by atoms with van der Waals surface area (Å²) in [5.74, 6) is 1.75. The molecule has 108 valence electrons. The molecule has 2 aliphatic carbocycles. The van der Waals surface area contributed by atoms with Crippen LogP contribution in [0.25, 0.3) is 0 Å². The van der Waals surface area contributed by atoms with Crippen LogP contribution in [-0.4, -0.2) is 19.6 Å². The third kappa shape index (κ3) is 2.64. The van der Waals surface area contributed by atoms with Gasteiger partial charge in [0.25, 0.3) is 0 Å². The Bertz CT molecular complexity index is 451. The topological polar surface area (TPSA) is 24.1 Å². The maximum atomic E-state index is 3.89. The number of nitrogens with one attached hydrogen (secondary N) is 2. The molecule has 0 unspecified atom stereocenters. The monoisotopic (exact) mass is 270 g/mol. The maximum Gasteiger partial charge on any atom is 0.0436 e. The van der Waals surface area contributed by atoms with Crippen molar-refractivity contribution in [1.82, 2.24) is 10.6 Å². The second-order valence-electron chi connectivity index (χ2n) is 7.05. The molecule has 3 aliphatic rings. The van der Waals surface area contributed by atoms with Crippen molar-refractivity contribution in [1.29, 1.82) is 0 Å². The highest BCUT2D eigenvalue weighted by Crippen LogP contribution is 2.47. The zero-order chi connectivity index (χ0) is 13.4. The first kappa shape index (κ1) is 12.8. The first-order valence-electron chi connectivity index (χ1n) is 8.42. The van der Waals surface area contributed by atoms with E-state index < -0.39 is 0 Å². The van der Waals surface area contributed by atoms with Gasteiger partial charge in [-0.1, -0.05) is 24.3 Å². The van der Waals surface area contributed by atoms with E-state index in [0.29, 0.717) is 5.54 Å². The van der Waals surface area contributed by atoms with Crippen LogP contribution in [0.1, 0.15) is 55.6 Å². The van der Waals surface area contributed by atoms with E-state index in [4.69, 9.17) is 0 Å². The standard InChI is InChI=1S/C18H26N2/c1-2-15(1)16-3-5-17(6-4-16)18(9-10-18)20-13-14-7-11-19-12-8-14/h3-6,14-15,19-20H,1-2,7-13H2. The summed E-state index contributed by atoms with van der Waals surface area (Å²) in [6, 6.07) is 9.52. The molecule has 2 heteroatoms. The van der Waals surface area contributed by atoms with Crippen LogP contribution in [0.5, 0.6) is 0 Å². The molecule has 4 rings (SSSR count). The van der Waals surface area contributed by atoms with Gasteiger partial charge in [-0.15, -0.1) is 0 Å². The van der Waals surface area contributed by atoms with E-state index in [-0.39, 0.29) is 0 Å². The smallest absolute Gasteiger partial charge is 0.0436 e. The molecule has 1 saturated heterocycles. The summed E-state index contributed by atoms with van der Waals surface area (Å²) in [4.78, 5) is 0. The zero-order valence-electron chi connectivity index (χ0n) is 12.3. The minimum atomic E-state index is 0.326. The molecular weight excluding hydrogens is 244 g/mol. The van der Waals surface area contributed by atoms with Crippen molar-refractivity contribution >= 4 is 0 Å². The van der Waals surface area contributed by atoms with E-state index >= 15 is 0 Å². The minimum absolute atomic E-state index is 0.326. The third-order valence-corrected chi connectivity index (χ3v) is 5.45. The molecule has 0 aromatic heterocycles. The van der Waals surface area contributed by atoms with Crippen molar-refractivity contribution in [3.8, 4) is 0 Å². The fraction of sp³-hybridized carbons (Fsp3) is 0.667. The molecule has 20 heavy (non-hydrogen) atoms. The average Bonchev–Trinajstić information content (AvgIpc) is 3.41. The quantitative estimate of drug-likeness (QED) is 0.859. The highest BCUT2D eigenvalue weighted by molar-refractivity contribution is 5.35. The molecule has 0 radical (unpaired) electrons. The molecule has 0 bridgehead atoms. The fourth-order valence-corrected chi connectivity index (χ4v) is 3.61. The van der Waals surface area contributed by atoms with Crippen LogP contribution in [0.15, 0.2) is 24.3 Å². The molecule has 1 aromatic rings. The van der Waals surface area contributed by atoms with Crippen LogP contribution < -0.4 is 10.6 Å². The third-order valence-electron chi connectivity index (χ3n) is 5.45. The highest BCUT2D eigenvalue weighted by atomic mass is 15.0. The summed E-state index contributed by atoms with van der Waals surface area (Å²) in [5.41, 5.74) is 3.41. The summed E-state index contributed by atoms with van der Waals surface area (Å²) in [6.07, 6.45) is 8.12. The molecule has 1 aromatic carbocycles. The van der Waals surface area contributed by atoms with E-state index in [1.54, 1.807) is 5.56 Å². The van der Waals surface area contributed by atoms with E-state index in [0.717, 1.165) is 11.8 Å². The molecule has 2 saturated carbocycles. The molecule has 2 nitrogen and oxygen atoms in total. The van der Waals surface area contributed by atoms with Crippen molar-refractivity contribution in [2.24, 2.45) is 5.92 Å². The molecular formula is C18H26N2. The van der Waals surface area contributed by atoms with E-state index in [9.17, 15) is 0 Å². The number of benzene rings is 1. The van der Waals surface area contributed by atoms with Crippen molar-refractivity contribution in [3.05, 3.63) is 35.4 Å². The zero-order valence-corrected chi connectivity index (χ0v) is 12.3. The predicted octanol–water partition coefficient (Wildman–Crippen LogP) is 3.14. The average molecular weight is 270 g/mol. The Morgan fingerprint density at radius 1 is 1.00 bits per heavy atom.